The lowest BCUT2D eigenvalue weighted by Crippen LogP contribution is -2.45. The molecule has 0 radical (unpaired) electrons. The van der Waals surface area contributed by atoms with Crippen LogP contribution >= 0.6 is 0 Å². The number of nitrogens with zero attached hydrogens (tertiary/aromatic N) is 2. The lowest BCUT2D eigenvalue weighted by atomic mass is 10.2. The number of alkyl halides is 3. The maximum absolute atomic E-state index is 12.0. The number of halogens is 3. The minimum atomic E-state index is -4.66. The van der Waals surface area contributed by atoms with Gasteiger partial charge in [-0.05, 0) is 17.7 Å². The summed E-state index contributed by atoms with van der Waals surface area (Å²) in [5.74, 6) is -0.216. The molecule has 110 valence electrons. The molecule has 0 spiro atoms. The number of benzene rings is 1. The Morgan fingerprint density at radius 3 is 2.20 bits per heavy atom. The average molecular weight is 288 g/mol. The van der Waals surface area contributed by atoms with Crippen LogP contribution in [0.3, 0.4) is 0 Å². The van der Waals surface area contributed by atoms with E-state index in [1.807, 2.05) is 0 Å². The van der Waals surface area contributed by atoms with Gasteiger partial charge in [0.05, 0.1) is 0 Å². The first kappa shape index (κ1) is 14.6. The molecule has 0 bridgehead atoms. The van der Waals surface area contributed by atoms with Crippen molar-refractivity contribution in [3.05, 3.63) is 29.8 Å². The minimum Gasteiger partial charge on any atom is -0.406 e. The highest BCUT2D eigenvalue weighted by molar-refractivity contribution is 5.47. The van der Waals surface area contributed by atoms with Crippen molar-refractivity contribution < 1.29 is 22.7 Å². The molecule has 0 atom stereocenters. The Kier molecular flexibility index (Phi) is 4.49. The van der Waals surface area contributed by atoms with Crippen LogP contribution in [-0.2, 0) is 11.3 Å². The van der Waals surface area contributed by atoms with Gasteiger partial charge in [0, 0.05) is 32.7 Å². The Balaban J connectivity index is 1.86. The SMILES string of the molecule is O=CN1CCN(Cc2ccc(OC(F)(F)F)cc2)CC1. The maximum Gasteiger partial charge on any atom is 0.573 e. The molecule has 20 heavy (non-hydrogen) atoms. The van der Waals surface area contributed by atoms with Gasteiger partial charge in [-0.25, -0.2) is 0 Å². The first-order chi connectivity index (χ1) is 9.46. The highest BCUT2D eigenvalue weighted by Gasteiger charge is 2.30. The molecule has 0 N–H and O–H groups in total. The van der Waals surface area contributed by atoms with E-state index in [1.54, 1.807) is 17.0 Å². The fourth-order valence-corrected chi connectivity index (χ4v) is 2.08. The van der Waals surface area contributed by atoms with Crippen molar-refractivity contribution in [2.75, 3.05) is 26.2 Å². The van der Waals surface area contributed by atoms with Gasteiger partial charge in [-0.1, -0.05) is 12.1 Å². The summed E-state index contributed by atoms with van der Waals surface area (Å²) in [4.78, 5) is 14.4. The molecular formula is C13H15F3N2O2. The largest absolute Gasteiger partial charge is 0.573 e. The number of carbonyl (C=O) groups excluding carboxylic acids is 1. The van der Waals surface area contributed by atoms with Crippen LogP contribution in [0, 0.1) is 0 Å². The van der Waals surface area contributed by atoms with Gasteiger partial charge >= 0.3 is 6.36 Å². The Bertz CT molecular complexity index is 440. The molecule has 1 aromatic carbocycles. The van der Waals surface area contributed by atoms with Gasteiger partial charge in [-0.2, -0.15) is 0 Å². The number of amides is 1. The van der Waals surface area contributed by atoms with E-state index < -0.39 is 6.36 Å². The zero-order chi connectivity index (χ0) is 14.6. The summed E-state index contributed by atoms with van der Waals surface area (Å²) >= 11 is 0. The fourth-order valence-electron chi connectivity index (χ4n) is 2.08. The molecule has 1 aliphatic heterocycles. The predicted octanol–water partition coefficient (Wildman–Crippen LogP) is 1.86. The summed E-state index contributed by atoms with van der Waals surface area (Å²) in [7, 11) is 0. The van der Waals surface area contributed by atoms with Crippen molar-refractivity contribution in [2.24, 2.45) is 0 Å². The normalized spacial score (nSPS) is 17.1. The zero-order valence-electron chi connectivity index (χ0n) is 10.8. The van der Waals surface area contributed by atoms with Crippen LogP contribution in [0.15, 0.2) is 24.3 Å². The van der Waals surface area contributed by atoms with Crippen LogP contribution in [0.1, 0.15) is 5.56 Å². The summed E-state index contributed by atoms with van der Waals surface area (Å²) in [6, 6.07) is 5.86. The number of ether oxygens (including phenoxy) is 1. The van der Waals surface area contributed by atoms with Crippen LogP contribution in [0.5, 0.6) is 5.75 Å². The van der Waals surface area contributed by atoms with Crippen LogP contribution in [-0.4, -0.2) is 48.8 Å². The van der Waals surface area contributed by atoms with E-state index in [9.17, 15) is 18.0 Å². The average Bonchev–Trinajstić information content (AvgIpc) is 2.40. The lowest BCUT2D eigenvalue weighted by molar-refractivity contribution is -0.274. The molecular weight excluding hydrogens is 273 g/mol. The number of piperazine rings is 1. The third kappa shape index (κ3) is 4.41. The molecule has 1 aliphatic rings. The van der Waals surface area contributed by atoms with E-state index in [0.29, 0.717) is 19.6 Å². The zero-order valence-corrected chi connectivity index (χ0v) is 10.8. The van der Waals surface area contributed by atoms with Gasteiger partial charge in [0.2, 0.25) is 6.41 Å². The second kappa shape index (κ2) is 6.13. The number of rotatable bonds is 4. The van der Waals surface area contributed by atoms with Crippen molar-refractivity contribution in [3.8, 4) is 5.75 Å². The topological polar surface area (TPSA) is 32.8 Å². The molecule has 0 aliphatic carbocycles. The van der Waals surface area contributed by atoms with E-state index in [1.165, 1.54) is 12.1 Å². The Morgan fingerprint density at radius 1 is 1.10 bits per heavy atom. The van der Waals surface area contributed by atoms with Crippen LogP contribution in [0.4, 0.5) is 13.2 Å². The van der Waals surface area contributed by atoms with E-state index in [2.05, 4.69) is 9.64 Å². The number of hydrogen-bond acceptors (Lipinski definition) is 3. The highest BCUT2D eigenvalue weighted by Crippen LogP contribution is 2.23. The standard InChI is InChI=1S/C13H15F3N2O2/c14-13(15,16)20-12-3-1-11(2-4-12)9-17-5-7-18(10-19)8-6-17/h1-4,10H,5-9H2. The van der Waals surface area contributed by atoms with Gasteiger partial charge in [0.1, 0.15) is 5.75 Å². The van der Waals surface area contributed by atoms with Crippen molar-refractivity contribution in [2.45, 2.75) is 12.9 Å². The van der Waals surface area contributed by atoms with E-state index in [-0.39, 0.29) is 5.75 Å². The minimum absolute atomic E-state index is 0.216. The van der Waals surface area contributed by atoms with Gasteiger partial charge in [-0.15, -0.1) is 13.2 Å². The van der Waals surface area contributed by atoms with Crippen molar-refractivity contribution >= 4 is 6.41 Å². The summed E-state index contributed by atoms with van der Waals surface area (Å²) < 4.78 is 39.9. The fraction of sp³-hybridized carbons (Fsp3) is 0.462. The van der Waals surface area contributed by atoms with Crippen molar-refractivity contribution in [1.82, 2.24) is 9.80 Å². The Morgan fingerprint density at radius 2 is 1.70 bits per heavy atom. The third-order valence-corrected chi connectivity index (χ3v) is 3.12. The molecule has 1 fully saturated rings. The van der Waals surface area contributed by atoms with E-state index >= 15 is 0 Å². The van der Waals surface area contributed by atoms with Gasteiger partial charge in [0.25, 0.3) is 0 Å². The predicted molar refractivity (Wildman–Crippen MR) is 66.0 cm³/mol. The molecule has 2 rings (SSSR count). The highest BCUT2D eigenvalue weighted by atomic mass is 19.4. The molecule has 0 unspecified atom stereocenters. The molecule has 0 aromatic heterocycles. The van der Waals surface area contributed by atoms with Gasteiger partial charge in [0.15, 0.2) is 0 Å². The van der Waals surface area contributed by atoms with E-state index in [4.69, 9.17) is 0 Å². The molecule has 4 nitrogen and oxygen atoms in total. The van der Waals surface area contributed by atoms with Crippen LogP contribution in [0.25, 0.3) is 0 Å². The molecule has 1 amide bonds. The monoisotopic (exact) mass is 288 g/mol. The molecule has 1 heterocycles. The van der Waals surface area contributed by atoms with Crippen LogP contribution in [0.2, 0.25) is 0 Å². The number of hydrogen-bond donors (Lipinski definition) is 0. The lowest BCUT2D eigenvalue weighted by Gasteiger charge is -2.32. The maximum atomic E-state index is 12.0. The summed E-state index contributed by atoms with van der Waals surface area (Å²) in [5.41, 5.74) is 0.916. The van der Waals surface area contributed by atoms with Gasteiger partial charge < -0.3 is 9.64 Å². The Labute approximate surface area is 114 Å². The first-order valence-electron chi connectivity index (χ1n) is 6.23. The summed E-state index contributed by atoms with van der Waals surface area (Å²) in [6.45, 7) is 3.54. The molecule has 1 saturated heterocycles. The Hall–Kier alpha value is -1.76. The quantitative estimate of drug-likeness (QED) is 0.793. The molecule has 0 saturated carbocycles. The van der Waals surface area contributed by atoms with Crippen molar-refractivity contribution in [3.63, 3.8) is 0 Å². The van der Waals surface area contributed by atoms with Gasteiger partial charge in [-0.3, -0.25) is 9.69 Å². The molecule has 7 heteroatoms. The van der Waals surface area contributed by atoms with Crippen molar-refractivity contribution in [1.29, 1.82) is 0 Å². The third-order valence-electron chi connectivity index (χ3n) is 3.12. The summed E-state index contributed by atoms with van der Waals surface area (Å²) in [5, 5.41) is 0. The second-order valence-electron chi connectivity index (χ2n) is 4.61. The second-order valence-corrected chi connectivity index (χ2v) is 4.61. The van der Waals surface area contributed by atoms with Crippen LogP contribution < -0.4 is 4.74 Å². The first-order valence-corrected chi connectivity index (χ1v) is 6.23. The molecule has 1 aromatic rings. The summed E-state index contributed by atoms with van der Waals surface area (Å²) in [6.07, 6.45) is -3.83. The van der Waals surface area contributed by atoms with E-state index in [0.717, 1.165) is 25.1 Å². The smallest absolute Gasteiger partial charge is 0.406 e. The number of carbonyl (C=O) groups is 1.